The van der Waals surface area contributed by atoms with E-state index < -0.39 is 18.0 Å². The molecule has 0 saturated carbocycles. The highest BCUT2D eigenvalue weighted by Crippen LogP contribution is 2.39. The molecule has 0 unspecified atom stereocenters. The van der Waals surface area contributed by atoms with Gasteiger partial charge in [-0.25, -0.2) is 0 Å². The average molecular weight is 260 g/mol. The molecule has 3 rings (SSSR count). The number of rotatable bonds is 2. The highest BCUT2D eigenvalue weighted by molar-refractivity contribution is 6.02. The van der Waals surface area contributed by atoms with Crippen molar-refractivity contribution < 1.29 is 19.1 Å². The Kier molecular flexibility index (Phi) is 3.11. The average Bonchev–Trinajstić information content (AvgIpc) is 2.42. The number of fused-ring (bicyclic) bond motifs is 4. The summed E-state index contributed by atoms with van der Waals surface area (Å²) in [6.45, 7) is 2.05. The summed E-state index contributed by atoms with van der Waals surface area (Å²) >= 11 is 0. The normalized spacial score (nSPS) is 28.7. The molecule has 1 aromatic rings. The third-order valence-electron chi connectivity index (χ3n) is 3.79. The van der Waals surface area contributed by atoms with E-state index in [2.05, 4.69) is 0 Å². The highest BCUT2D eigenvalue weighted by atomic mass is 16.5. The van der Waals surface area contributed by atoms with Gasteiger partial charge < -0.3 is 9.47 Å². The smallest absolute Gasteiger partial charge is 0.316 e. The van der Waals surface area contributed by atoms with Crippen molar-refractivity contribution in [3.05, 3.63) is 35.4 Å². The Morgan fingerprint density at radius 3 is 3.00 bits per heavy atom. The molecule has 2 heterocycles. The lowest BCUT2D eigenvalue weighted by Crippen LogP contribution is -2.44. The zero-order chi connectivity index (χ0) is 13.4. The van der Waals surface area contributed by atoms with Crippen molar-refractivity contribution in [1.82, 2.24) is 0 Å². The van der Waals surface area contributed by atoms with Crippen LogP contribution in [0.2, 0.25) is 0 Å². The molecule has 0 aliphatic carbocycles. The lowest BCUT2D eigenvalue weighted by molar-refractivity contribution is -0.168. The number of Topliss-reactive ketones (excluding diaryl/α,β-unsaturated/α-hetero) is 1. The Morgan fingerprint density at radius 1 is 1.42 bits per heavy atom. The molecule has 4 heteroatoms. The Labute approximate surface area is 111 Å². The number of hydrogen-bond acceptors (Lipinski definition) is 4. The topological polar surface area (TPSA) is 52.6 Å². The van der Waals surface area contributed by atoms with Gasteiger partial charge in [0.05, 0.1) is 12.7 Å². The Bertz CT molecular complexity index is 523. The molecular formula is C15H16O4. The highest BCUT2D eigenvalue weighted by Gasteiger charge is 2.45. The summed E-state index contributed by atoms with van der Waals surface area (Å²) < 4.78 is 10.8. The van der Waals surface area contributed by atoms with E-state index in [4.69, 9.17) is 9.47 Å². The van der Waals surface area contributed by atoms with Crippen LogP contribution < -0.4 is 0 Å². The number of ketones is 1. The van der Waals surface area contributed by atoms with Crippen LogP contribution in [0.15, 0.2) is 24.3 Å². The van der Waals surface area contributed by atoms with Crippen molar-refractivity contribution >= 4 is 11.8 Å². The molecule has 0 aromatic heterocycles. The van der Waals surface area contributed by atoms with Crippen LogP contribution in [0.1, 0.15) is 30.6 Å². The largest absolute Gasteiger partial charge is 0.465 e. The monoisotopic (exact) mass is 260 g/mol. The van der Waals surface area contributed by atoms with Crippen molar-refractivity contribution in [2.24, 2.45) is 5.92 Å². The number of hydrogen-bond donors (Lipinski definition) is 0. The van der Waals surface area contributed by atoms with E-state index in [1.54, 1.807) is 6.92 Å². The van der Waals surface area contributed by atoms with E-state index >= 15 is 0 Å². The molecule has 1 saturated heterocycles. The van der Waals surface area contributed by atoms with Gasteiger partial charge in [-0.3, -0.25) is 9.59 Å². The minimum Gasteiger partial charge on any atom is -0.465 e. The molecule has 2 aliphatic rings. The van der Waals surface area contributed by atoms with Crippen molar-refractivity contribution in [3.63, 3.8) is 0 Å². The summed E-state index contributed by atoms with van der Waals surface area (Å²) in [4.78, 5) is 24.2. The number of carbonyl (C=O) groups excluding carboxylic acids is 2. The predicted molar refractivity (Wildman–Crippen MR) is 67.5 cm³/mol. The third kappa shape index (κ3) is 2.06. The van der Waals surface area contributed by atoms with E-state index in [-0.39, 0.29) is 11.9 Å². The van der Waals surface area contributed by atoms with Crippen molar-refractivity contribution in [2.75, 3.05) is 6.61 Å². The lowest BCUT2D eigenvalue weighted by Gasteiger charge is -2.38. The Hall–Kier alpha value is -1.68. The second-order valence-corrected chi connectivity index (χ2v) is 4.98. The number of esters is 1. The van der Waals surface area contributed by atoms with Crippen LogP contribution >= 0.6 is 0 Å². The molecule has 0 spiro atoms. The van der Waals surface area contributed by atoms with Crippen LogP contribution in [0.3, 0.4) is 0 Å². The van der Waals surface area contributed by atoms with Gasteiger partial charge in [0.15, 0.2) is 5.78 Å². The molecule has 100 valence electrons. The van der Waals surface area contributed by atoms with Gasteiger partial charge in [0.25, 0.3) is 0 Å². The molecule has 2 bridgehead atoms. The maximum Gasteiger partial charge on any atom is 0.316 e. The molecule has 1 aromatic carbocycles. The second-order valence-electron chi connectivity index (χ2n) is 4.98. The minimum absolute atomic E-state index is 0.0630. The van der Waals surface area contributed by atoms with E-state index in [9.17, 15) is 9.59 Å². The van der Waals surface area contributed by atoms with Crippen LogP contribution in [0, 0.1) is 5.92 Å². The maximum atomic E-state index is 12.4. The van der Waals surface area contributed by atoms with Crippen LogP contribution in [-0.4, -0.2) is 24.5 Å². The molecule has 19 heavy (non-hydrogen) atoms. The van der Waals surface area contributed by atoms with Crippen molar-refractivity contribution in [2.45, 2.75) is 32.0 Å². The zero-order valence-corrected chi connectivity index (χ0v) is 10.8. The van der Waals surface area contributed by atoms with E-state index in [1.807, 2.05) is 24.3 Å². The van der Waals surface area contributed by atoms with Gasteiger partial charge in [-0.15, -0.1) is 0 Å². The summed E-state index contributed by atoms with van der Waals surface area (Å²) in [5.41, 5.74) is 2.05. The minimum atomic E-state index is -0.669. The SMILES string of the molecule is CCOC(=O)[C@H]1C[C@H]2Cc3ccccc3[C@H](O2)C1=O. The predicted octanol–water partition coefficient (Wildman–Crippen LogP) is 1.82. The van der Waals surface area contributed by atoms with Gasteiger partial charge in [0, 0.05) is 0 Å². The van der Waals surface area contributed by atoms with Gasteiger partial charge in [0.1, 0.15) is 12.0 Å². The number of ether oxygens (including phenoxy) is 2. The van der Waals surface area contributed by atoms with Crippen LogP contribution in [0.5, 0.6) is 0 Å². The Morgan fingerprint density at radius 2 is 2.21 bits per heavy atom. The first-order chi connectivity index (χ1) is 9.20. The molecule has 0 amide bonds. The van der Waals surface area contributed by atoms with Gasteiger partial charge in [-0.05, 0) is 30.9 Å². The summed E-state index contributed by atoms with van der Waals surface area (Å²) in [6.07, 6.45) is 0.531. The molecule has 1 fully saturated rings. The Balaban J connectivity index is 1.92. The molecule has 4 nitrogen and oxygen atoms in total. The lowest BCUT2D eigenvalue weighted by atomic mass is 9.80. The summed E-state index contributed by atoms with van der Waals surface area (Å²) in [7, 11) is 0. The summed E-state index contributed by atoms with van der Waals surface area (Å²) in [6, 6.07) is 7.79. The zero-order valence-electron chi connectivity index (χ0n) is 10.8. The third-order valence-corrected chi connectivity index (χ3v) is 3.79. The number of benzene rings is 1. The van der Waals surface area contributed by atoms with Gasteiger partial charge in [-0.1, -0.05) is 24.3 Å². The van der Waals surface area contributed by atoms with Gasteiger partial charge in [0.2, 0.25) is 0 Å². The quantitative estimate of drug-likeness (QED) is 0.601. The van der Waals surface area contributed by atoms with Crippen LogP contribution in [0.4, 0.5) is 0 Å². The summed E-state index contributed by atoms with van der Waals surface area (Å²) in [5, 5.41) is 0. The molecular weight excluding hydrogens is 244 g/mol. The fraction of sp³-hybridized carbons (Fsp3) is 0.467. The van der Waals surface area contributed by atoms with Crippen molar-refractivity contribution in [3.8, 4) is 0 Å². The first-order valence-corrected chi connectivity index (χ1v) is 6.64. The second kappa shape index (κ2) is 4.78. The molecule has 0 N–H and O–H groups in total. The number of carbonyl (C=O) groups is 2. The van der Waals surface area contributed by atoms with Crippen LogP contribution in [0.25, 0.3) is 0 Å². The fourth-order valence-corrected chi connectivity index (χ4v) is 2.91. The first-order valence-electron chi connectivity index (χ1n) is 6.64. The first kappa shape index (κ1) is 12.4. The molecule has 0 radical (unpaired) electrons. The van der Waals surface area contributed by atoms with E-state index in [0.717, 1.165) is 17.5 Å². The van der Waals surface area contributed by atoms with E-state index in [0.29, 0.717) is 13.0 Å². The van der Waals surface area contributed by atoms with E-state index in [1.165, 1.54) is 0 Å². The maximum absolute atomic E-state index is 12.4. The molecule has 2 aliphatic heterocycles. The van der Waals surface area contributed by atoms with Gasteiger partial charge >= 0.3 is 5.97 Å². The molecule has 3 atom stereocenters. The van der Waals surface area contributed by atoms with Crippen LogP contribution in [-0.2, 0) is 25.5 Å². The fourth-order valence-electron chi connectivity index (χ4n) is 2.91. The standard InChI is InChI=1S/C15H16O4/c1-2-18-15(17)12-8-10-7-9-5-3-4-6-11(9)14(19-10)13(12)16/h3-6,10,12,14H,2,7-8H2,1H3/t10-,12+,14+/m1/s1. The van der Waals surface area contributed by atoms with Gasteiger partial charge in [-0.2, -0.15) is 0 Å². The van der Waals surface area contributed by atoms with Crippen molar-refractivity contribution in [1.29, 1.82) is 0 Å². The summed E-state index contributed by atoms with van der Waals surface area (Å²) in [5.74, 6) is -1.25.